The summed E-state index contributed by atoms with van der Waals surface area (Å²) in [6, 6.07) is 25.2. The van der Waals surface area contributed by atoms with Crippen LogP contribution in [0, 0.1) is 0 Å². The molecule has 1 N–H and O–H groups in total. The largest absolute Gasteiger partial charge is 0.490 e. The standard InChI is InChI=1S/C30H32N2O6/c33-28(38-19-9-12-23-10-3-1-4-11-23)22-26-29(34)31-17-18-32(26)30(35)25-15-7-8-16-27(25)37-21-20-36-24-13-5-2-6-14-24/h1-8,10-11,13-16,26H,9,12,17-22H2,(H,31,34). The van der Waals surface area contributed by atoms with Crippen LogP contribution in [0.3, 0.4) is 0 Å². The first-order chi connectivity index (χ1) is 18.6. The summed E-state index contributed by atoms with van der Waals surface area (Å²) in [5.41, 5.74) is 1.49. The van der Waals surface area contributed by atoms with Crippen molar-refractivity contribution in [3.8, 4) is 11.5 Å². The Bertz CT molecular complexity index is 1200. The van der Waals surface area contributed by atoms with E-state index in [1.54, 1.807) is 24.3 Å². The third-order valence-electron chi connectivity index (χ3n) is 6.14. The molecule has 1 saturated heterocycles. The van der Waals surface area contributed by atoms with Gasteiger partial charge in [0, 0.05) is 13.1 Å². The Labute approximate surface area is 222 Å². The third kappa shape index (κ3) is 7.59. The second-order valence-electron chi connectivity index (χ2n) is 8.83. The Morgan fingerprint density at radius 1 is 0.842 bits per heavy atom. The van der Waals surface area contributed by atoms with Crippen molar-refractivity contribution in [2.24, 2.45) is 0 Å². The van der Waals surface area contributed by atoms with Crippen molar-refractivity contribution < 1.29 is 28.6 Å². The van der Waals surface area contributed by atoms with Gasteiger partial charge in [-0.05, 0) is 42.7 Å². The summed E-state index contributed by atoms with van der Waals surface area (Å²) < 4.78 is 16.9. The molecule has 1 fully saturated rings. The molecule has 0 bridgehead atoms. The molecule has 1 aliphatic heterocycles. The Kier molecular flexibility index (Phi) is 9.73. The first kappa shape index (κ1) is 26.7. The van der Waals surface area contributed by atoms with Gasteiger partial charge in [-0.15, -0.1) is 0 Å². The maximum Gasteiger partial charge on any atom is 0.308 e. The lowest BCUT2D eigenvalue weighted by Crippen LogP contribution is -2.57. The maximum absolute atomic E-state index is 13.5. The first-order valence-corrected chi connectivity index (χ1v) is 12.8. The second-order valence-corrected chi connectivity index (χ2v) is 8.83. The van der Waals surface area contributed by atoms with E-state index in [4.69, 9.17) is 14.2 Å². The molecule has 1 heterocycles. The van der Waals surface area contributed by atoms with Crippen LogP contribution < -0.4 is 14.8 Å². The predicted octanol–water partition coefficient (Wildman–Crippen LogP) is 3.65. The fourth-order valence-electron chi connectivity index (χ4n) is 4.24. The highest BCUT2D eigenvalue weighted by molar-refractivity contribution is 6.01. The minimum absolute atomic E-state index is 0.211. The van der Waals surface area contributed by atoms with E-state index in [9.17, 15) is 14.4 Å². The lowest BCUT2D eigenvalue weighted by molar-refractivity contribution is -0.147. The maximum atomic E-state index is 13.5. The van der Waals surface area contributed by atoms with Crippen LogP contribution in [0.25, 0.3) is 0 Å². The molecule has 8 heteroatoms. The van der Waals surface area contributed by atoms with E-state index in [-0.39, 0.29) is 38.0 Å². The fraction of sp³-hybridized carbons (Fsp3) is 0.300. The summed E-state index contributed by atoms with van der Waals surface area (Å²) in [7, 11) is 0. The number of amides is 2. The zero-order valence-electron chi connectivity index (χ0n) is 21.2. The Morgan fingerprint density at radius 3 is 2.32 bits per heavy atom. The summed E-state index contributed by atoms with van der Waals surface area (Å²) in [5.74, 6) is -0.140. The molecular formula is C30H32N2O6. The van der Waals surface area contributed by atoms with Gasteiger partial charge >= 0.3 is 5.97 Å². The van der Waals surface area contributed by atoms with Gasteiger partial charge in [-0.25, -0.2) is 0 Å². The molecule has 4 rings (SSSR count). The minimum atomic E-state index is -0.952. The van der Waals surface area contributed by atoms with Crippen molar-refractivity contribution in [1.29, 1.82) is 0 Å². The average Bonchev–Trinajstić information content (AvgIpc) is 2.95. The van der Waals surface area contributed by atoms with Crippen LogP contribution in [0.4, 0.5) is 0 Å². The molecule has 0 saturated carbocycles. The number of rotatable bonds is 12. The molecule has 0 aliphatic carbocycles. The quantitative estimate of drug-likeness (QED) is 0.292. The number of nitrogens with one attached hydrogen (secondary N) is 1. The van der Waals surface area contributed by atoms with Gasteiger partial charge < -0.3 is 24.4 Å². The van der Waals surface area contributed by atoms with E-state index in [2.05, 4.69) is 5.32 Å². The second kappa shape index (κ2) is 13.8. The van der Waals surface area contributed by atoms with Crippen LogP contribution in [0.1, 0.15) is 28.8 Å². The third-order valence-corrected chi connectivity index (χ3v) is 6.14. The Morgan fingerprint density at radius 2 is 1.53 bits per heavy atom. The molecule has 2 amide bonds. The van der Waals surface area contributed by atoms with Crippen molar-refractivity contribution in [1.82, 2.24) is 10.2 Å². The number of ether oxygens (including phenoxy) is 3. The molecule has 0 aromatic heterocycles. The fourth-order valence-corrected chi connectivity index (χ4v) is 4.24. The summed E-state index contributed by atoms with van der Waals surface area (Å²) in [5, 5.41) is 2.75. The van der Waals surface area contributed by atoms with Crippen molar-refractivity contribution in [3.63, 3.8) is 0 Å². The summed E-state index contributed by atoms with van der Waals surface area (Å²) >= 11 is 0. The first-order valence-electron chi connectivity index (χ1n) is 12.8. The van der Waals surface area contributed by atoms with Gasteiger partial charge in [0.1, 0.15) is 30.8 Å². The van der Waals surface area contributed by atoms with Gasteiger partial charge in [0.05, 0.1) is 18.6 Å². The van der Waals surface area contributed by atoms with Crippen molar-refractivity contribution >= 4 is 17.8 Å². The molecule has 0 spiro atoms. The minimum Gasteiger partial charge on any atom is -0.490 e. The lowest BCUT2D eigenvalue weighted by atomic mass is 10.1. The highest BCUT2D eigenvalue weighted by Crippen LogP contribution is 2.23. The molecule has 3 aromatic carbocycles. The van der Waals surface area contributed by atoms with E-state index in [0.29, 0.717) is 30.9 Å². The number of esters is 1. The molecule has 0 radical (unpaired) electrons. The van der Waals surface area contributed by atoms with Crippen LogP contribution in [0.5, 0.6) is 11.5 Å². The molecule has 198 valence electrons. The summed E-state index contributed by atoms with van der Waals surface area (Å²) in [6.07, 6.45) is 1.25. The smallest absolute Gasteiger partial charge is 0.308 e. The molecule has 8 nitrogen and oxygen atoms in total. The SMILES string of the molecule is O=C(CC1C(=O)NCCN1C(=O)c1ccccc1OCCOc1ccccc1)OCCCc1ccccc1. The van der Waals surface area contributed by atoms with Gasteiger partial charge in [0.25, 0.3) is 5.91 Å². The van der Waals surface area contributed by atoms with Crippen molar-refractivity contribution in [2.75, 3.05) is 32.9 Å². The zero-order chi connectivity index (χ0) is 26.6. The van der Waals surface area contributed by atoms with Crippen LogP contribution in [0.15, 0.2) is 84.9 Å². The van der Waals surface area contributed by atoms with Gasteiger partial charge in [-0.1, -0.05) is 60.7 Å². The van der Waals surface area contributed by atoms with E-state index in [0.717, 1.165) is 12.2 Å². The summed E-state index contributed by atoms with van der Waals surface area (Å²) in [6.45, 7) is 1.37. The van der Waals surface area contributed by atoms with E-state index in [1.165, 1.54) is 10.5 Å². The molecular weight excluding hydrogens is 484 g/mol. The molecule has 38 heavy (non-hydrogen) atoms. The van der Waals surface area contributed by atoms with Crippen LogP contribution in [-0.4, -0.2) is 61.6 Å². The van der Waals surface area contributed by atoms with Gasteiger partial charge in [-0.2, -0.15) is 0 Å². The monoisotopic (exact) mass is 516 g/mol. The lowest BCUT2D eigenvalue weighted by Gasteiger charge is -2.34. The van der Waals surface area contributed by atoms with Crippen LogP contribution in [-0.2, 0) is 20.7 Å². The number of piperazine rings is 1. The van der Waals surface area contributed by atoms with E-state index < -0.39 is 12.0 Å². The zero-order valence-corrected chi connectivity index (χ0v) is 21.2. The number of hydrogen-bond donors (Lipinski definition) is 1. The number of carbonyl (C=O) groups is 3. The molecule has 1 atom stereocenters. The molecule has 1 unspecified atom stereocenters. The van der Waals surface area contributed by atoms with Crippen LogP contribution in [0.2, 0.25) is 0 Å². The Balaban J connectivity index is 1.32. The highest BCUT2D eigenvalue weighted by Gasteiger charge is 2.36. The number of nitrogens with zero attached hydrogens (tertiary/aromatic N) is 1. The highest BCUT2D eigenvalue weighted by atomic mass is 16.5. The van der Waals surface area contributed by atoms with Gasteiger partial charge in [0.15, 0.2) is 0 Å². The Hall–Kier alpha value is -4.33. The number of carbonyl (C=O) groups excluding carboxylic acids is 3. The van der Waals surface area contributed by atoms with Gasteiger partial charge in [-0.3, -0.25) is 14.4 Å². The number of aryl methyl sites for hydroxylation is 1. The predicted molar refractivity (Wildman–Crippen MR) is 142 cm³/mol. The number of benzene rings is 3. The molecule has 1 aliphatic rings. The molecule has 3 aromatic rings. The van der Waals surface area contributed by atoms with E-state index >= 15 is 0 Å². The average molecular weight is 517 g/mol. The topological polar surface area (TPSA) is 94.2 Å². The van der Waals surface area contributed by atoms with Crippen molar-refractivity contribution in [3.05, 3.63) is 96.1 Å². The van der Waals surface area contributed by atoms with E-state index in [1.807, 2.05) is 60.7 Å². The van der Waals surface area contributed by atoms with Gasteiger partial charge in [0.2, 0.25) is 5.91 Å². The number of para-hydroxylation sites is 2. The normalized spacial score (nSPS) is 14.9. The number of hydrogen-bond acceptors (Lipinski definition) is 6. The van der Waals surface area contributed by atoms with Crippen LogP contribution >= 0.6 is 0 Å². The van der Waals surface area contributed by atoms with Crippen molar-refractivity contribution in [2.45, 2.75) is 25.3 Å². The summed E-state index contributed by atoms with van der Waals surface area (Å²) in [4.78, 5) is 40.1.